The number of pyridine rings is 1. The third kappa shape index (κ3) is 4.54. The average molecular weight is 493 g/mol. The van der Waals surface area contributed by atoms with Gasteiger partial charge in [-0.25, -0.2) is 4.98 Å². The van der Waals surface area contributed by atoms with E-state index >= 15 is 0 Å². The highest BCUT2D eigenvalue weighted by atomic mass is 19.4. The Labute approximate surface area is 202 Å². The molecule has 2 aromatic carbocycles. The molecule has 0 unspecified atom stereocenters. The van der Waals surface area contributed by atoms with Crippen LogP contribution in [0.15, 0.2) is 63.6 Å². The van der Waals surface area contributed by atoms with E-state index in [1.54, 1.807) is 13.8 Å². The van der Waals surface area contributed by atoms with Crippen molar-refractivity contribution in [1.82, 2.24) is 25.6 Å². The van der Waals surface area contributed by atoms with Crippen molar-refractivity contribution in [3.05, 3.63) is 82.9 Å². The Hall–Kier alpha value is -4.54. The predicted molar refractivity (Wildman–Crippen MR) is 123 cm³/mol. The molecule has 0 bridgehead atoms. The fourth-order valence-electron chi connectivity index (χ4n) is 3.74. The summed E-state index contributed by atoms with van der Waals surface area (Å²) in [5.74, 6) is 0.477. The fraction of sp³-hybridized carbons (Fsp3) is 0.160. The van der Waals surface area contributed by atoms with E-state index < -0.39 is 17.6 Å². The molecule has 1 N–H and O–H groups in total. The maximum Gasteiger partial charge on any atom is 0.416 e. The maximum absolute atomic E-state index is 13.2. The van der Waals surface area contributed by atoms with E-state index in [0.29, 0.717) is 22.8 Å². The molecule has 36 heavy (non-hydrogen) atoms. The number of amides is 1. The monoisotopic (exact) mass is 493 g/mol. The molecule has 1 amide bonds. The highest BCUT2D eigenvalue weighted by molar-refractivity contribution is 6.07. The Morgan fingerprint density at radius 3 is 2.42 bits per heavy atom. The van der Waals surface area contributed by atoms with Gasteiger partial charge in [-0.15, -0.1) is 0 Å². The molecule has 0 spiro atoms. The molecule has 5 aromatic rings. The molecular formula is C25H18F3N5O3. The van der Waals surface area contributed by atoms with Crippen LogP contribution in [0.3, 0.4) is 0 Å². The molecule has 3 aromatic heterocycles. The number of rotatable bonds is 5. The zero-order valence-electron chi connectivity index (χ0n) is 19.1. The highest BCUT2D eigenvalue weighted by Gasteiger charge is 2.30. The zero-order chi connectivity index (χ0) is 25.4. The SMILES string of the molecule is Cc1nc(-c2ccc(CNC(=O)c3cc(-c4cccc(C(F)(F)F)c4)nc4onc(C)c34)cc2)no1. The number of fused-ring (bicyclic) bond motifs is 1. The van der Waals surface area contributed by atoms with Crippen LogP contribution in [0.25, 0.3) is 33.7 Å². The summed E-state index contributed by atoms with van der Waals surface area (Å²) in [6.45, 7) is 3.57. The molecule has 11 heteroatoms. The largest absolute Gasteiger partial charge is 0.416 e. The van der Waals surface area contributed by atoms with Gasteiger partial charge in [-0.05, 0) is 30.7 Å². The number of nitrogens with zero attached hydrogens (tertiary/aromatic N) is 4. The summed E-state index contributed by atoms with van der Waals surface area (Å²) < 4.78 is 49.8. The molecule has 0 saturated carbocycles. The number of benzene rings is 2. The Morgan fingerprint density at radius 2 is 1.72 bits per heavy atom. The van der Waals surface area contributed by atoms with E-state index in [1.807, 2.05) is 24.3 Å². The summed E-state index contributed by atoms with van der Waals surface area (Å²) in [4.78, 5) is 21.6. The van der Waals surface area contributed by atoms with E-state index in [2.05, 4.69) is 25.6 Å². The molecule has 3 heterocycles. The molecule has 5 rings (SSSR count). The Balaban J connectivity index is 1.42. The van der Waals surface area contributed by atoms with Crippen molar-refractivity contribution in [2.24, 2.45) is 0 Å². The van der Waals surface area contributed by atoms with Crippen LogP contribution in [-0.4, -0.2) is 26.2 Å². The van der Waals surface area contributed by atoms with Crippen LogP contribution >= 0.6 is 0 Å². The highest BCUT2D eigenvalue weighted by Crippen LogP contribution is 2.33. The first-order valence-electron chi connectivity index (χ1n) is 10.8. The number of nitrogens with one attached hydrogen (secondary N) is 1. The van der Waals surface area contributed by atoms with Gasteiger partial charge in [0.25, 0.3) is 11.6 Å². The van der Waals surface area contributed by atoms with Crippen LogP contribution in [0.5, 0.6) is 0 Å². The van der Waals surface area contributed by atoms with Crippen LogP contribution in [0.1, 0.15) is 33.1 Å². The Bertz CT molecular complexity index is 1570. The Kier molecular flexibility index (Phi) is 5.75. The number of carbonyl (C=O) groups excluding carboxylic acids is 1. The van der Waals surface area contributed by atoms with Gasteiger partial charge in [0, 0.05) is 24.6 Å². The molecule has 0 aliphatic heterocycles. The topological polar surface area (TPSA) is 107 Å². The minimum Gasteiger partial charge on any atom is -0.348 e. The molecule has 0 saturated heterocycles. The van der Waals surface area contributed by atoms with Crippen molar-refractivity contribution in [1.29, 1.82) is 0 Å². The summed E-state index contributed by atoms with van der Waals surface area (Å²) in [6.07, 6.45) is -4.51. The Morgan fingerprint density at radius 1 is 0.944 bits per heavy atom. The van der Waals surface area contributed by atoms with Gasteiger partial charge in [-0.1, -0.05) is 46.7 Å². The van der Waals surface area contributed by atoms with E-state index in [1.165, 1.54) is 18.2 Å². The number of alkyl halides is 3. The van der Waals surface area contributed by atoms with Crippen molar-refractivity contribution >= 4 is 17.0 Å². The van der Waals surface area contributed by atoms with Gasteiger partial charge in [-0.3, -0.25) is 4.79 Å². The number of aromatic nitrogens is 4. The minimum atomic E-state index is -4.51. The lowest BCUT2D eigenvalue weighted by Crippen LogP contribution is -2.23. The van der Waals surface area contributed by atoms with Gasteiger partial charge < -0.3 is 14.4 Å². The molecule has 0 radical (unpaired) electrons. The average Bonchev–Trinajstić information content (AvgIpc) is 3.47. The van der Waals surface area contributed by atoms with Crippen molar-refractivity contribution < 1.29 is 27.0 Å². The number of halogens is 3. The van der Waals surface area contributed by atoms with Crippen molar-refractivity contribution in [2.75, 3.05) is 0 Å². The summed E-state index contributed by atoms with van der Waals surface area (Å²) in [6, 6.07) is 13.4. The van der Waals surface area contributed by atoms with E-state index in [9.17, 15) is 18.0 Å². The third-order valence-electron chi connectivity index (χ3n) is 5.54. The first-order chi connectivity index (χ1) is 17.2. The van der Waals surface area contributed by atoms with Crippen LogP contribution in [-0.2, 0) is 12.7 Å². The maximum atomic E-state index is 13.2. The van der Waals surface area contributed by atoms with Crippen molar-refractivity contribution in [2.45, 2.75) is 26.6 Å². The zero-order valence-corrected chi connectivity index (χ0v) is 19.1. The second-order valence-electron chi connectivity index (χ2n) is 8.10. The van der Waals surface area contributed by atoms with Crippen LogP contribution in [0, 0.1) is 13.8 Å². The number of hydrogen-bond donors (Lipinski definition) is 1. The second kappa shape index (κ2) is 8.91. The standard InChI is InChI=1S/C25H18F3N5O3/c1-13-21-19(23(34)29-12-15-6-8-16(9-7-15)22-30-14(2)35-33-22)11-20(31-24(21)36-32-13)17-4-3-5-18(10-17)25(26,27)28/h3-11H,12H2,1-2H3,(H,29,34). The van der Waals surface area contributed by atoms with Crippen molar-refractivity contribution in [3.8, 4) is 22.6 Å². The lowest BCUT2D eigenvalue weighted by molar-refractivity contribution is -0.137. The van der Waals surface area contributed by atoms with Crippen LogP contribution in [0.4, 0.5) is 13.2 Å². The number of hydrogen-bond acceptors (Lipinski definition) is 7. The van der Waals surface area contributed by atoms with Gasteiger partial charge in [0.05, 0.1) is 27.9 Å². The molecule has 8 nitrogen and oxygen atoms in total. The first kappa shape index (κ1) is 23.2. The van der Waals surface area contributed by atoms with E-state index in [4.69, 9.17) is 9.05 Å². The van der Waals surface area contributed by atoms with Gasteiger partial charge in [0.15, 0.2) is 0 Å². The number of aryl methyl sites for hydroxylation is 2. The molecule has 182 valence electrons. The quantitative estimate of drug-likeness (QED) is 0.344. The first-order valence-corrected chi connectivity index (χ1v) is 10.8. The summed E-state index contributed by atoms with van der Waals surface area (Å²) in [5, 5.41) is 11.0. The van der Waals surface area contributed by atoms with Crippen molar-refractivity contribution in [3.63, 3.8) is 0 Å². The predicted octanol–water partition coefficient (Wildman–Crippen LogP) is 5.51. The minimum absolute atomic E-state index is 0.0623. The summed E-state index contributed by atoms with van der Waals surface area (Å²) in [7, 11) is 0. The molecule has 0 aliphatic carbocycles. The van der Waals surface area contributed by atoms with Gasteiger partial charge in [0.2, 0.25) is 11.7 Å². The van der Waals surface area contributed by atoms with Crippen LogP contribution < -0.4 is 5.32 Å². The fourth-order valence-corrected chi connectivity index (χ4v) is 3.74. The molecule has 0 fully saturated rings. The van der Waals surface area contributed by atoms with Gasteiger partial charge in [-0.2, -0.15) is 18.2 Å². The smallest absolute Gasteiger partial charge is 0.348 e. The van der Waals surface area contributed by atoms with Gasteiger partial charge >= 0.3 is 6.18 Å². The third-order valence-corrected chi connectivity index (χ3v) is 5.54. The molecule has 0 atom stereocenters. The number of carbonyl (C=O) groups is 1. The molecule has 0 aliphatic rings. The van der Waals surface area contributed by atoms with E-state index in [0.717, 1.165) is 23.3 Å². The summed E-state index contributed by atoms with van der Waals surface area (Å²) in [5.41, 5.74) is 1.83. The normalized spacial score (nSPS) is 11.7. The molecular weight excluding hydrogens is 475 g/mol. The lowest BCUT2D eigenvalue weighted by Gasteiger charge is -2.11. The lowest BCUT2D eigenvalue weighted by atomic mass is 10.0. The van der Waals surface area contributed by atoms with Crippen LogP contribution in [0.2, 0.25) is 0 Å². The van der Waals surface area contributed by atoms with Gasteiger partial charge in [0.1, 0.15) is 0 Å². The van der Waals surface area contributed by atoms with E-state index in [-0.39, 0.29) is 29.1 Å². The second-order valence-corrected chi connectivity index (χ2v) is 8.10. The summed E-state index contributed by atoms with van der Waals surface area (Å²) >= 11 is 0.